The maximum absolute atomic E-state index is 12.4. The van der Waals surface area contributed by atoms with Crippen LogP contribution in [0.2, 0.25) is 0 Å². The van der Waals surface area contributed by atoms with Crippen LogP contribution in [-0.4, -0.2) is 17.5 Å². The number of carbonyl (C=O) groups is 2. The molecule has 1 N–H and O–H groups in total. The molecule has 2 fully saturated rings. The molecule has 28 heavy (non-hydrogen) atoms. The third kappa shape index (κ3) is 6.33. The predicted octanol–water partition coefficient (Wildman–Crippen LogP) is 4.77. The Labute approximate surface area is 168 Å². The first-order valence-corrected chi connectivity index (χ1v) is 10.2. The van der Waals surface area contributed by atoms with Crippen molar-refractivity contribution >= 4 is 11.9 Å². The van der Waals surface area contributed by atoms with Crippen LogP contribution >= 0.6 is 0 Å². The van der Waals surface area contributed by atoms with Crippen LogP contribution in [0.25, 0.3) is 0 Å². The van der Waals surface area contributed by atoms with Crippen molar-refractivity contribution in [2.24, 2.45) is 10.8 Å². The van der Waals surface area contributed by atoms with Crippen molar-refractivity contribution in [2.45, 2.75) is 85.2 Å². The number of hydrogen-bond acceptors (Lipinski definition) is 5. The molecule has 5 heteroatoms. The number of carbonyl (C=O) groups excluding carboxylic acids is 2. The van der Waals surface area contributed by atoms with Gasteiger partial charge in [0.15, 0.2) is 11.5 Å². The first-order valence-electron chi connectivity index (χ1n) is 10.2. The number of hydrogen-bond donors (Lipinski definition) is 1. The van der Waals surface area contributed by atoms with Gasteiger partial charge in [0.1, 0.15) is 0 Å². The maximum Gasteiger partial charge on any atom is 0.311 e. The number of nitrogens with one attached hydrogen (secondary N) is 1. The molecule has 2 aliphatic rings. The minimum absolute atomic E-state index is 0.0255. The van der Waals surface area contributed by atoms with Gasteiger partial charge < -0.3 is 14.8 Å². The molecule has 0 aliphatic heterocycles. The Balaban J connectivity index is 1.72. The second-order valence-electron chi connectivity index (χ2n) is 10.3. The van der Waals surface area contributed by atoms with E-state index in [1.54, 1.807) is 12.1 Å². The normalized spacial score (nSPS) is 19.0. The monoisotopic (exact) mass is 387 g/mol. The second kappa shape index (κ2) is 7.51. The van der Waals surface area contributed by atoms with E-state index in [2.05, 4.69) is 39.9 Å². The van der Waals surface area contributed by atoms with E-state index in [1.165, 1.54) is 0 Å². The molecule has 0 amide bonds. The molecule has 3 rings (SSSR count). The maximum atomic E-state index is 12.4. The molecular weight excluding hydrogens is 354 g/mol. The summed E-state index contributed by atoms with van der Waals surface area (Å²) in [5.41, 5.74) is 1.09. The van der Waals surface area contributed by atoms with Crippen LogP contribution < -0.4 is 14.8 Å². The fourth-order valence-corrected chi connectivity index (χ4v) is 2.99. The second-order valence-corrected chi connectivity index (χ2v) is 10.3. The molecule has 0 radical (unpaired) electrons. The summed E-state index contributed by atoms with van der Waals surface area (Å²) in [6, 6.07) is 5.43. The summed E-state index contributed by atoms with van der Waals surface area (Å²) in [4.78, 5) is 24.7. The van der Waals surface area contributed by atoms with Crippen LogP contribution in [0.3, 0.4) is 0 Å². The molecule has 154 valence electrons. The van der Waals surface area contributed by atoms with Crippen LogP contribution in [0.5, 0.6) is 11.5 Å². The molecule has 0 spiro atoms. The molecule has 1 aromatic carbocycles. The van der Waals surface area contributed by atoms with E-state index in [0.717, 1.165) is 31.2 Å². The molecular formula is C23H33NO4. The van der Waals surface area contributed by atoms with Crippen molar-refractivity contribution in [2.75, 3.05) is 0 Å². The fourth-order valence-electron chi connectivity index (χ4n) is 2.99. The Bertz CT molecular complexity index is 754. The van der Waals surface area contributed by atoms with Crippen LogP contribution in [-0.2, 0) is 16.1 Å². The van der Waals surface area contributed by atoms with Gasteiger partial charge in [0.25, 0.3) is 0 Å². The van der Waals surface area contributed by atoms with E-state index in [-0.39, 0.29) is 28.3 Å². The standard InChI is InChI=1S/C23H33NO4/c1-21(2,3)24-15-16-6-7-17(27-19(25)13-22(4)8-9-22)18(12-16)28-20(26)14-23(5)10-11-23/h6-7,12,24H,8-11,13-15H2,1-5H3. The van der Waals surface area contributed by atoms with Gasteiger partial charge in [0.05, 0.1) is 12.8 Å². The number of esters is 2. The quantitative estimate of drug-likeness (QED) is 0.514. The Morgan fingerprint density at radius 2 is 1.43 bits per heavy atom. The smallest absolute Gasteiger partial charge is 0.311 e. The van der Waals surface area contributed by atoms with Crippen molar-refractivity contribution in [3.8, 4) is 11.5 Å². The third-order valence-corrected chi connectivity index (χ3v) is 5.63. The topological polar surface area (TPSA) is 64.6 Å². The highest BCUT2D eigenvalue weighted by Crippen LogP contribution is 2.49. The molecule has 0 atom stereocenters. The summed E-state index contributed by atoms with van der Waals surface area (Å²) in [5, 5.41) is 3.42. The zero-order valence-electron chi connectivity index (χ0n) is 17.8. The first-order chi connectivity index (χ1) is 13.0. The largest absolute Gasteiger partial charge is 0.422 e. The van der Waals surface area contributed by atoms with Crippen molar-refractivity contribution < 1.29 is 19.1 Å². The zero-order chi connectivity index (χ0) is 20.6. The number of benzene rings is 1. The Kier molecular flexibility index (Phi) is 5.59. The lowest BCUT2D eigenvalue weighted by Crippen LogP contribution is -2.35. The summed E-state index contributed by atoms with van der Waals surface area (Å²) in [5.74, 6) is 0.110. The van der Waals surface area contributed by atoms with Crippen molar-refractivity contribution in [1.29, 1.82) is 0 Å². The minimum Gasteiger partial charge on any atom is -0.422 e. The van der Waals surface area contributed by atoms with Gasteiger partial charge in [-0.25, -0.2) is 0 Å². The summed E-state index contributed by atoms with van der Waals surface area (Å²) in [6.07, 6.45) is 5.00. The summed E-state index contributed by atoms with van der Waals surface area (Å²) in [7, 11) is 0. The molecule has 0 aromatic heterocycles. The average Bonchev–Trinajstić information content (AvgIpc) is 3.46. The van der Waals surface area contributed by atoms with Gasteiger partial charge in [0.2, 0.25) is 0 Å². The van der Waals surface area contributed by atoms with Gasteiger partial charge in [0, 0.05) is 12.1 Å². The van der Waals surface area contributed by atoms with Crippen molar-refractivity contribution in [1.82, 2.24) is 5.32 Å². The highest BCUT2D eigenvalue weighted by atomic mass is 16.6. The van der Waals surface area contributed by atoms with Gasteiger partial charge in [-0.05, 0) is 75.0 Å². The molecule has 0 bridgehead atoms. The van der Waals surface area contributed by atoms with Gasteiger partial charge >= 0.3 is 11.9 Å². The van der Waals surface area contributed by atoms with E-state index in [4.69, 9.17) is 9.47 Å². The Morgan fingerprint density at radius 1 is 0.929 bits per heavy atom. The number of rotatable bonds is 8. The SMILES string of the molecule is CC1(CC(=O)Oc2ccc(CNC(C)(C)C)cc2OC(=O)CC2(C)CC2)CC1. The Morgan fingerprint density at radius 3 is 1.89 bits per heavy atom. The van der Waals surface area contributed by atoms with Gasteiger partial charge in [-0.3, -0.25) is 9.59 Å². The highest BCUT2D eigenvalue weighted by molar-refractivity contribution is 5.77. The lowest BCUT2D eigenvalue weighted by Gasteiger charge is -2.21. The van der Waals surface area contributed by atoms with Crippen LogP contribution in [0.1, 0.15) is 78.7 Å². The minimum atomic E-state index is -0.271. The van der Waals surface area contributed by atoms with E-state index in [9.17, 15) is 9.59 Å². The molecule has 2 saturated carbocycles. The van der Waals surface area contributed by atoms with E-state index in [1.807, 2.05) is 6.07 Å². The summed E-state index contributed by atoms with van der Waals surface area (Å²) >= 11 is 0. The van der Waals surface area contributed by atoms with Gasteiger partial charge in [-0.2, -0.15) is 0 Å². The molecule has 5 nitrogen and oxygen atoms in total. The predicted molar refractivity (Wildman–Crippen MR) is 108 cm³/mol. The zero-order valence-corrected chi connectivity index (χ0v) is 17.8. The van der Waals surface area contributed by atoms with Crippen LogP contribution in [0.4, 0.5) is 0 Å². The lowest BCUT2D eigenvalue weighted by molar-refractivity contribution is -0.138. The average molecular weight is 388 g/mol. The molecule has 1 aromatic rings. The molecule has 0 heterocycles. The van der Waals surface area contributed by atoms with Gasteiger partial charge in [-0.1, -0.05) is 19.9 Å². The van der Waals surface area contributed by atoms with E-state index >= 15 is 0 Å². The highest BCUT2D eigenvalue weighted by Gasteiger charge is 2.41. The van der Waals surface area contributed by atoms with Crippen molar-refractivity contribution in [3.05, 3.63) is 23.8 Å². The summed E-state index contributed by atoms with van der Waals surface area (Å²) < 4.78 is 11.2. The molecule has 0 saturated heterocycles. The number of ether oxygens (including phenoxy) is 2. The lowest BCUT2D eigenvalue weighted by atomic mass is 10.1. The fraction of sp³-hybridized carbons (Fsp3) is 0.652. The molecule has 2 aliphatic carbocycles. The first kappa shape index (κ1) is 20.8. The van der Waals surface area contributed by atoms with Gasteiger partial charge in [-0.15, -0.1) is 0 Å². The van der Waals surface area contributed by atoms with E-state index < -0.39 is 0 Å². The van der Waals surface area contributed by atoms with Crippen LogP contribution in [0, 0.1) is 10.8 Å². The Hall–Kier alpha value is -1.88. The van der Waals surface area contributed by atoms with Crippen molar-refractivity contribution in [3.63, 3.8) is 0 Å². The third-order valence-electron chi connectivity index (χ3n) is 5.63. The van der Waals surface area contributed by atoms with E-state index in [0.29, 0.717) is 30.9 Å². The summed E-state index contributed by atoms with van der Waals surface area (Å²) in [6.45, 7) is 11.1. The van der Waals surface area contributed by atoms with Crippen LogP contribution in [0.15, 0.2) is 18.2 Å². The molecule has 0 unspecified atom stereocenters.